The van der Waals surface area contributed by atoms with E-state index >= 15 is 0 Å². The normalized spacial score (nSPS) is 22.0. The Hall–Kier alpha value is -4.51. The molecule has 0 unspecified atom stereocenters. The van der Waals surface area contributed by atoms with Gasteiger partial charge in [0.15, 0.2) is 18.0 Å². The Morgan fingerprint density at radius 2 is 1.37 bits per heavy atom. The fraction of sp³-hybridized carbons (Fsp3) is 0.303. The van der Waals surface area contributed by atoms with Crippen LogP contribution < -0.4 is 0 Å². The Balaban J connectivity index is 1.49. The summed E-state index contributed by atoms with van der Waals surface area (Å²) in [5, 5.41) is 4.01. The standard InChI is InChI=1S/C33H33NO9/c1-32(2)41-28-26(40-30(29(28)42-32)34-43-25(31(36)38-4)20-27(35)37-3)21-39-33(22-14-8-5-9-15-22,23-16-10-6-11-17-23)24-18-12-7-13-19-24/h5-20,26,28-29H,21H2,1-4H3/b25-20+,34-30+/t26-,28-,29-/m1/s1. The van der Waals surface area contributed by atoms with Crippen LogP contribution in [0, 0.1) is 0 Å². The Bertz CT molecular complexity index is 1380. The minimum Gasteiger partial charge on any atom is -0.468 e. The van der Waals surface area contributed by atoms with Gasteiger partial charge in [0.2, 0.25) is 5.76 Å². The Morgan fingerprint density at radius 1 is 0.837 bits per heavy atom. The number of ether oxygens (including phenoxy) is 6. The molecule has 0 N–H and O–H groups in total. The lowest BCUT2D eigenvalue weighted by molar-refractivity contribution is -0.165. The number of methoxy groups -OCH3 is 2. The summed E-state index contributed by atoms with van der Waals surface area (Å²) >= 11 is 0. The van der Waals surface area contributed by atoms with Gasteiger partial charge in [0.1, 0.15) is 11.7 Å². The first-order valence-corrected chi connectivity index (χ1v) is 13.7. The smallest absolute Gasteiger partial charge is 0.377 e. The van der Waals surface area contributed by atoms with Crippen LogP contribution in [0.2, 0.25) is 0 Å². The second kappa shape index (κ2) is 12.8. The van der Waals surface area contributed by atoms with E-state index in [0.29, 0.717) is 0 Å². The molecule has 2 aliphatic heterocycles. The molecule has 0 radical (unpaired) electrons. The van der Waals surface area contributed by atoms with Gasteiger partial charge in [-0.1, -0.05) is 91.0 Å². The highest BCUT2D eigenvalue weighted by Gasteiger charge is 2.56. The summed E-state index contributed by atoms with van der Waals surface area (Å²) in [4.78, 5) is 29.2. The molecule has 0 amide bonds. The van der Waals surface area contributed by atoms with Crippen molar-refractivity contribution in [2.45, 2.75) is 43.5 Å². The van der Waals surface area contributed by atoms with E-state index in [9.17, 15) is 9.59 Å². The zero-order valence-electron chi connectivity index (χ0n) is 24.3. The third-order valence-corrected chi connectivity index (χ3v) is 7.09. The van der Waals surface area contributed by atoms with Crippen molar-refractivity contribution in [3.8, 4) is 0 Å². The van der Waals surface area contributed by atoms with Crippen LogP contribution in [-0.4, -0.2) is 62.8 Å². The van der Waals surface area contributed by atoms with Gasteiger partial charge in [-0.3, -0.25) is 0 Å². The van der Waals surface area contributed by atoms with Crippen LogP contribution in [0.25, 0.3) is 0 Å². The molecule has 0 aliphatic carbocycles. The second-order valence-corrected chi connectivity index (χ2v) is 10.3. The number of hydrogen-bond acceptors (Lipinski definition) is 10. The van der Waals surface area contributed by atoms with Crippen molar-refractivity contribution >= 4 is 17.8 Å². The molecular formula is C33H33NO9. The lowest BCUT2D eigenvalue weighted by atomic mass is 9.80. The van der Waals surface area contributed by atoms with E-state index in [1.165, 1.54) is 7.11 Å². The third-order valence-electron chi connectivity index (χ3n) is 7.09. The highest BCUT2D eigenvalue weighted by Crippen LogP contribution is 2.42. The largest absolute Gasteiger partial charge is 0.468 e. The van der Waals surface area contributed by atoms with E-state index in [-0.39, 0.29) is 12.5 Å². The van der Waals surface area contributed by atoms with E-state index in [1.54, 1.807) is 13.8 Å². The highest BCUT2D eigenvalue weighted by molar-refractivity contribution is 5.94. The van der Waals surface area contributed by atoms with E-state index in [0.717, 1.165) is 29.9 Å². The van der Waals surface area contributed by atoms with Crippen LogP contribution in [0.15, 0.2) is 108 Å². The molecule has 5 rings (SSSR count). The molecule has 0 aromatic heterocycles. The fourth-order valence-electron chi connectivity index (χ4n) is 5.20. The summed E-state index contributed by atoms with van der Waals surface area (Å²) < 4.78 is 34.7. The van der Waals surface area contributed by atoms with E-state index in [1.807, 2.05) is 91.0 Å². The van der Waals surface area contributed by atoms with Crippen molar-refractivity contribution in [1.82, 2.24) is 0 Å². The Labute approximate surface area is 249 Å². The molecule has 2 fully saturated rings. The second-order valence-electron chi connectivity index (χ2n) is 10.3. The molecule has 0 spiro atoms. The highest BCUT2D eigenvalue weighted by atomic mass is 16.8. The fourth-order valence-corrected chi connectivity index (χ4v) is 5.20. The SMILES string of the molecule is COC(=O)/C=C(/O/N=C1/O[C@H](COC(c2ccccc2)(c2ccccc2)c2ccccc2)[C@H]2OC(C)(C)O[C@@H]12)C(=O)OC. The predicted octanol–water partition coefficient (Wildman–Crippen LogP) is 4.47. The topological polar surface area (TPSA) is 111 Å². The first kappa shape index (κ1) is 30.0. The molecular weight excluding hydrogens is 554 g/mol. The predicted molar refractivity (Wildman–Crippen MR) is 154 cm³/mol. The molecule has 10 heteroatoms. The van der Waals surface area contributed by atoms with Crippen LogP contribution in [0.4, 0.5) is 0 Å². The van der Waals surface area contributed by atoms with Gasteiger partial charge in [-0.05, 0) is 35.7 Å². The maximum atomic E-state index is 12.2. The van der Waals surface area contributed by atoms with Gasteiger partial charge in [-0.25, -0.2) is 9.59 Å². The maximum Gasteiger partial charge on any atom is 0.377 e. The molecule has 3 aromatic carbocycles. The average molecular weight is 588 g/mol. The molecule has 0 bridgehead atoms. The van der Waals surface area contributed by atoms with Crippen molar-refractivity contribution < 1.29 is 42.8 Å². The maximum absolute atomic E-state index is 12.2. The van der Waals surface area contributed by atoms with Crippen LogP contribution in [0.5, 0.6) is 0 Å². The molecule has 2 aliphatic rings. The minimum atomic E-state index is -0.991. The summed E-state index contributed by atoms with van der Waals surface area (Å²) in [6.45, 7) is 3.63. The number of esters is 2. The van der Waals surface area contributed by atoms with E-state index in [4.69, 9.17) is 23.8 Å². The van der Waals surface area contributed by atoms with Crippen molar-refractivity contribution in [2.24, 2.45) is 5.16 Å². The van der Waals surface area contributed by atoms with Crippen molar-refractivity contribution in [3.05, 3.63) is 120 Å². The average Bonchev–Trinajstić information content (AvgIpc) is 3.53. The summed E-state index contributed by atoms with van der Waals surface area (Å²) in [5.41, 5.74) is 1.80. The van der Waals surface area contributed by atoms with Gasteiger partial charge >= 0.3 is 11.9 Å². The van der Waals surface area contributed by atoms with E-state index in [2.05, 4.69) is 14.6 Å². The zero-order chi connectivity index (χ0) is 30.5. The van der Waals surface area contributed by atoms with Crippen molar-refractivity contribution in [2.75, 3.05) is 20.8 Å². The number of oxime groups is 1. The van der Waals surface area contributed by atoms with Gasteiger partial charge in [0.05, 0.1) is 26.9 Å². The summed E-state index contributed by atoms with van der Waals surface area (Å²) in [7, 11) is 2.31. The summed E-state index contributed by atoms with van der Waals surface area (Å²) in [6.07, 6.45) is -1.22. The summed E-state index contributed by atoms with van der Waals surface area (Å²) in [5.74, 6) is -3.17. The molecule has 43 heavy (non-hydrogen) atoms. The minimum absolute atomic E-state index is 0.0218. The first-order chi connectivity index (χ1) is 20.8. The quantitative estimate of drug-likeness (QED) is 0.112. The molecule has 224 valence electrons. The number of rotatable bonds is 10. The molecule has 2 saturated heterocycles. The van der Waals surface area contributed by atoms with E-state index < -0.39 is 47.4 Å². The molecule has 2 heterocycles. The molecule has 0 saturated carbocycles. The summed E-state index contributed by atoms with van der Waals surface area (Å²) in [6, 6.07) is 29.9. The monoisotopic (exact) mass is 587 g/mol. The van der Waals surface area contributed by atoms with Crippen LogP contribution >= 0.6 is 0 Å². The van der Waals surface area contributed by atoms with Crippen LogP contribution in [0.1, 0.15) is 30.5 Å². The molecule has 10 nitrogen and oxygen atoms in total. The number of fused-ring (bicyclic) bond motifs is 1. The third kappa shape index (κ3) is 6.31. The lowest BCUT2D eigenvalue weighted by Gasteiger charge is -2.37. The molecule has 3 atom stereocenters. The van der Waals surface area contributed by atoms with Gasteiger partial charge in [0, 0.05) is 0 Å². The van der Waals surface area contributed by atoms with Gasteiger partial charge in [-0.15, -0.1) is 0 Å². The number of nitrogens with zero attached hydrogens (tertiary/aromatic N) is 1. The Morgan fingerprint density at radius 3 is 1.86 bits per heavy atom. The number of carbonyl (C=O) groups is 2. The van der Waals surface area contributed by atoms with Crippen molar-refractivity contribution in [1.29, 1.82) is 0 Å². The van der Waals surface area contributed by atoms with Crippen LogP contribution in [-0.2, 0) is 48.4 Å². The first-order valence-electron chi connectivity index (χ1n) is 13.7. The van der Waals surface area contributed by atoms with Gasteiger partial charge < -0.3 is 33.3 Å². The van der Waals surface area contributed by atoms with Crippen LogP contribution in [0.3, 0.4) is 0 Å². The van der Waals surface area contributed by atoms with Crippen molar-refractivity contribution in [3.63, 3.8) is 0 Å². The molecule has 3 aromatic rings. The van der Waals surface area contributed by atoms with Gasteiger partial charge in [0.25, 0.3) is 5.90 Å². The number of hydrogen-bond donors (Lipinski definition) is 0. The Kier molecular flexibility index (Phi) is 8.91. The number of benzene rings is 3. The lowest BCUT2D eigenvalue weighted by Crippen LogP contribution is -2.39. The van der Waals surface area contributed by atoms with Gasteiger partial charge in [-0.2, -0.15) is 0 Å². The zero-order valence-corrected chi connectivity index (χ0v) is 24.3. The number of carbonyl (C=O) groups excluding carboxylic acids is 2.